The third kappa shape index (κ3) is 7.12. The number of nitrogens with one attached hydrogen (secondary N) is 2. The third-order valence-corrected chi connectivity index (χ3v) is 5.12. The van der Waals surface area contributed by atoms with E-state index in [9.17, 15) is 4.79 Å². The molecular formula is C22H27BrN3O4+. The average Bonchev–Trinajstić information content (AvgIpc) is 2.75. The van der Waals surface area contributed by atoms with E-state index in [0.717, 1.165) is 28.7 Å². The summed E-state index contributed by atoms with van der Waals surface area (Å²) in [6, 6.07) is 13.6. The summed E-state index contributed by atoms with van der Waals surface area (Å²) >= 11 is 3.43. The number of rotatable bonds is 9. The van der Waals surface area contributed by atoms with E-state index in [2.05, 4.69) is 26.5 Å². The first kappa shape index (κ1) is 22.3. The van der Waals surface area contributed by atoms with Crippen LogP contribution in [0.3, 0.4) is 0 Å². The predicted octanol–water partition coefficient (Wildman–Crippen LogP) is 1.79. The fourth-order valence-electron chi connectivity index (χ4n) is 3.02. The van der Waals surface area contributed by atoms with Gasteiger partial charge in [0.15, 0.2) is 18.0 Å². The fourth-order valence-corrected chi connectivity index (χ4v) is 3.28. The quantitative estimate of drug-likeness (QED) is 0.427. The monoisotopic (exact) mass is 476 g/mol. The van der Waals surface area contributed by atoms with Gasteiger partial charge in [-0.3, -0.25) is 4.79 Å². The van der Waals surface area contributed by atoms with E-state index in [1.807, 2.05) is 49.4 Å². The van der Waals surface area contributed by atoms with Crippen molar-refractivity contribution in [3.05, 3.63) is 58.1 Å². The highest BCUT2D eigenvalue weighted by atomic mass is 79.9. The molecule has 0 bridgehead atoms. The summed E-state index contributed by atoms with van der Waals surface area (Å²) in [5.74, 6) is 1.20. The molecule has 1 heterocycles. The number of halogens is 1. The number of carbonyl (C=O) groups excluding carboxylic acids is 1. The van der Waals surface area contributed by atoms with Crippen molar-refractivity contribution in [2.75, 3.05) is 39.5 Å². The molecule has 0 aliphatic carbocycles. The minimum Gasteiger partial charge on any atom is -0.490 e. The molecule has 0 unspecified atom stereocenters. The Bertz CT molecular complexity index is 852. The Morgan fingerprint density at radius 2 is 1.93 bits per heavy atom. The standard InChI is InChI=1S/C22H26BrN3O4/c1-2-29-21-13-18(14-24-25-22(27)15-26-9-11-28-12-10-26)5-8-20(21)30-16-17-3-6-19(23)7-4-17/h3-8,13-14H,2,9-12,15-16H2,1H3,(H,25,27)/p+1. The van der Waals surface area contributed by atoms with E-state index in [1.54, 1.807) is 6.21 Å². The highest BCUT2D eigenvalue weighted by molar-refractivity contribution is 9.10. The summed E-state index contributed by atoms with van der Waals surface area (Å²) in [7, 11) is 0. The molecule has 1 aliphatic rings. The Morgan fingerprint density at radius 3 is 2.67 bits per heavy atom. The number of amides is 1. The number of morpholine rings is 1. The molecule has 2 N–H and O–H groups in total. The van der Waals surface area contributed by atoms with Crippen molar-refractivity contribution in [1.29, 1.82) is 0 Å². The van der Waals surface area contributed by atoms with Gasteiger partial charge in [0, 0.05) is 4.47 Å². The van der Waals surface area contributed by atoms with Crippen molar-refractivity contribution in [1.82, 2.24) is 5.43 Å². The van der Waals surface area contributed by atoms with Crippen molar-refractivity contribution in [2.45, 2.75) is 13.5 Å². The first-order valence-corrected chi connectivity index (χ1v) is 10.8. The maximum absolute atomic E-state index is 12.0. The van der Waals surface area contributed by atoms with E-state index < -0.39 is 0 Å². The average molecular weight is 477 g/mol. The lowest BCUT2D eigenvalue weighted by Gasteiger charge is -2.22. The minimum atomic E-state index is -0.109. The number of hydrazone groups is 1. The Morgan fingerprint density at radius 1 is 1.17 bits per heavy atom. The van der Waals surface area contributed by atoms with Gasteiger partial charge in [-0.05, 0) is 48.4 Å². The van der Waals surface area contributed by atoms with Crippen LogP contribution < -0.4 is 19.8 Å². The Kier molecular flexibility index (Phi) is 8.67. The lowest BCUT2D eigenvalue weighted by Crippen LogP contribution is -3.15. The van der Waals surface area contributed by atoms with Crippen LogP contribution in [0.4, 0.5) is 0 Å². The van der Waals surface area contributed by atoms with Gasteiger partial charge in [0.05, 0.1) is 26.0 Å². The summed E-state index contributed by atoms with van der Waals surface area (Å²) in [4.78, 5) is 13.2. The van der Waals surface area contributed by atoms with Gasteiger partial charge in [-0.15, -0.1) is 0 Å². The minimum absolute atomic E-state index is 0.109. The second-order valence-electron chi connectivity index (χ2n) is 6.89. The van der Waals surface area contributed by atoms with Crippen LogP contribution in [0.15, 0.2) is 52.0 Å². The second kappa shape index (κ2) is 11.7. The van der Waals surface area contributed by atoms with Crippen molar-refractivity contribution in [3.8, 4) is 11.5 Å². The molecular weight excluding hydrogens is 450 g/mol. The van der Waals surface area contributed by atoms with Crippen LogP contribution in [0.2, 0.25) is 0 Å². The van der Waals surface area contributed by atoms with E-state index in [1.165, 1.54) is 4.90 Å². The van der Waals surface area contributed by atoms with Crippen LogP contribution in [-0.2, 0) is 16.1 Å². The molecule has 1 saturated heterocycles. The smallest absolute Gasteiger partial charge is 0.295 e. The molecule has 1 aliphatic heterocycles. The maximum Gasteiger partial charge on any atom is 0.295 e. The highest BCUT2D eigenvalue weighted by Crippen LogP contribution is 2.29. The van der Waals surface area contributed by atoms with Gasteiger partial charge in [-0.2, -0.15) is 5.10 Å². The zero-order valence-electron chi connectivity index (χ0n) is 17.0. The topological polar surface area (TPSA) is 73.6 Å². The van der Waals surface area contributed by atoms with E-state index >= 15 is 0 Å². The fraction of sp³-hybridized carbons (Fsp3) is 0.364. The van der Waals surface area contributed by atoms with Crippen molar-refractivity contribution in [2.24, 2.45) is 5.10 Å². The predicted molar refractivity (Wildman–Crippen MR) is 118 cm³/mol. The summed E-state index contributed by atoms with van der Waals surface area (Å²) < 4.78 is 18.0. The van der Waals surface area contributed by atoms with Crippen LogP contribution in [-0.4, -0.2) is 51.6 Å². The molecule has 1 amide bonds. The van der Waals surface area contributed by atoms with E-state index in [-0.39, 0.29) is 5.91 Å². The van der Waals surface area contributed by atoms with E-state index in [4.69, 9.17) is 14.2 Å². The number of hydrogen-bond donors (Lipinski definition) is 2. The van der Waals surface area contributed by atoms with Crippen LogP contribution in [0.25, 0.3) is 0 Å². The molecule has 7 nitrogen and oxygen atoms in total. The lowest BCUT2D eigenvalue weighted by molar-refractivity contribution is -0.900. The zero-order valence-corrected chi connectivity index (χ0v) is 18.6. The lowest BCUT2D eigenvalue weighted by atomic mass is 10.2. The van der Waals surface area contributed by atoms with E-state index in [0.29, 0.717) is 44.5 Å². The summed E-state index contributed by atoms with van der Waals surface area (Å²) in [5, 5.41) is 4.07. The van der Waals surface area contributed by atoms with Crippen LogP contribution in [0.5, 0.6) is 11.5 Å². The Balaban J connectivity index is 1.55. The zero-order chi connectivity index (χ0) is 21.2. The van der Waals surface area contributed by atoms with Crippen LogP contribution in [0, 0.1) is 0 Å². The van der Waals surface area contributed by atoms with Crippen molar-refractivity contribution in [3.63, 3.8) is 0 Å². The van der Waals surface area contributed by atoms with Crippen molar-refractivity contribution >= 4 is 28.1 Å². The molecule has 0 radical (unpaired) electrons. The SMILES string of the molecule is CCOc1cc(C=NNC(=O)C[NH+]2CCOCC2)ccc1OCc1ccc(Br)cc1. The first-order chi connectivity index (χ1) is 14.6. The van der Waals surface area contributed by atoms with Gasteiger partial charge in [0.1, 0.15) is 19.7 Å². The van der Waals surface area contributed by atoms with Gasteiger partial charge in [0.2, 0.25) is 0 Å². The summed E-state index contributed by atoms with van der Waals surface area (Å²) in [5.41, 5.74) is 4.47. The largest absolute Gasteiger partial charge is 0.490 e. The number of benzene rings is 2. The van der Waals surface area contributed by atoms with Crippen LogP contribution in [0.1, 0.15) is 18.1 Å². The summed E-state index contributed by atoms with van der Waals surface area (Å²) in [6.07, 6.45) is 1.60. The number of carbonyl (C=O) groups is 1. The van der Waals surface area contributed by atoms with Gasteiger partial charge < -0.3 is 19.1 Å². The molecule has 0 spiro atoms. The molecule has 2 aromatic rings. The first-order valence-electron chi connectivity index (χ1n) is 10.0. The molecule has 8 heteroatoms. The molecule has 0 aromatic heterocycles. The summed E-state index contributed by atoms with van der Waals surface area (Å²) in [6.45, 7) is 6.37. The van der Waals surface area contributed by atoms with Gasteiger partial charge in [-0.25, -0.2) is 5.43 Å². The molecule has 2 aromatic carbocycles. The van der Waals surface area contributed by atoms with Gasteiger partial charge in [0.25, 0.3) is 5.91 Å². The highest BCUT2D eigenvalue weighted by Gasteiger charge is 2.17. The normalized spacial score (nSPS) is 14.6. The molecule has 0 saturated carbocycles. The number of nitrogens with zero attached hydrogens (tertiary/aromatic N) is 1. The third-order valence-electron chi connectivity index (χ3n) is 4.59. The Hall–Kier alpha value is -2.42. The molecule has 160 valence electrons. The number of quaternary nitrogens is 1. The molecule has 30 heavy (non-hydrogen) atoms. The maximum atomic E-state index is 12.0. The molecule has 1 fully saturated rings. The number of ether oxygens (including phenoxy) is 3. The van der Waals surface area contributed by atoms with Gasteiger partial charge in [-0.1, -0.05) is 28.1 Å². The van der Waals surface area contributed by atoms with Crippen molar-refractivity contribution < 1.29 is 23.9 Å². The molecule has 0 atom stereocenters. The second-order valence-corrected chi connectivity index (χ2v) is 7.80. The Labute approximate surface area is 185 Å². The van der Waals surface area contributed by atoms with Crippen LogP contribution >= 0.6 is 15.9 Å². The number of hydrogen-bond acceptors (Lipinski definition) is 5. The molecule has 3 rings (SSSR count). The van der Waals surface area contributed by atoms with Gasteiger partial charge >= 0.3 is 0 Å².